The lowest BCUT2D eigenvalue weighted by Crippen LogP contribution is -2.65. The third-order valence-corrected chi connectivity index (χ3v) is 7.77. The van der Waals surface area contributed by atoms with E-state index in [0.29, 0.717) is 57.7 Å². The van der Waals surface area contributed by atoms with E-state index in [0.717, 1.165) is 25.7 Å². The molecule has 3 rings (SSSR count). The Balaban J connectivity index is 1.68. The Morgan fingerprint density at radius 2 is 1.68 bits per heavy atom. The van der Waals surface area contributed by atoms with E-state index >= 15 is 0 Å². The second-order valence-corrected chi connectivity index (χ2v) is 11.2. The summed E-state index contributed by atoms with van der Waals surface area (Å²) >= 11 is 0. The molecule has 1 saturated heterocycles. The van der Waals surface area contributed by atoms with Gasteiger partial charge < -0.3 is 30.3 Å². The highest BCUT2D eigenvalue weighted by Gasteiger charge is 2.43. The van der Waals surface area contributed by atoms with Gasteiger partial charge in [-0.1, -0.05) is 71.1 Å². The van der Waals surface area contributed by atoms with Crippen LogP contribution in [-0.4, -0.2) is 79.1 Å². The molecule has 1 heterocycles. The minimum Gasteiger partial charge on any atom is -0.491 e. The van der Waals surface area contributed by atoms with Crippen LogP contribution in [0.2, 0.25) is 0 Å². The molecule has 0 unspecified atom stereocenters. The number of urea groups is 1. The molecule has 222 valence electrons. The number of carbonyl (C=O) groups excluding carboxylic acids is 4. The van der Waals surface area contributed by atoms with Gasteiger partial charge in [0, 0.05) is 13.1 Å². The third kappa shape index (κ3) is 8.94. The summed E-state index contributed by atoms with van der Waals surface area (Å²) in [7, 11) is 0. The molecule has 0 aromatic heterocycles. The summed E-state index contributed by atoms with van der Waals surface area (Å²) in [4.78, 5) is 55.0. The van der Waals surface area contributed by atoms with Crippen molar-refractivity contribution in [2.45, 2.75) is 89.8 Å². The fraction of sp³-hybridized carbons (Fsp3) is 0.667. The summed E-state index contributed by atoms with van der Waals surface area (Å²) in [6, 6.07) is 7.62. The van der Waals surface area contributed by atoms with Crippen molar-refractivity contribution in [1.29, 1.82) is 0 Å². The number of para-hydroxylation sites is 1. The first-order valence-corrected chi connectivity index (χ1v) is 14.7. The van der Waals surface area contributed by atoms with Crippen LogP contribution in [0, 0.1) is 5.92 Å². The zero-order valence-electron chi connectivity index (χ0n) is 24.2. The summed E-state index contributed by atoms with van der Waals surface area (Å²) in [6.07, 6.45) is 5.36. The van der Waals surface area contributed by atoms with Crippen molar-refractivity contribution in [3.8, 4) is 5.75 Å². The molecule has 3 N–H and O–H groups in total. The normalized spacial score (nSPS) is 18.4. The SMILES string of the molecule is CCCC[C@H](NC(=O)C1(NC(=O)N2CCOCC2)CCCCC1)C(=O)C(=O)N[C@H](COc1ccccc1)C(C)C. The molecule has 0 bridgehead atoms. The molecule has 10 nitrogen and oxygen atoms in total. The smallest absolute Gasteiger partial charge is 0.318 e. The number of ether oxygens (including phenoxy) is 2. The van der Waals surface area contributed by atoms with E-state index in [2.05, 4.69) is 16.0 Å². The molecule has 40 heavy (non-hydrogen) atoms. The number of hydrogen-bond donors (Lipinski definition) is 3. The Bertz CT molecular complexity index is 974. The number of morpholine rings is 1. The first kappa shape index (κ1) is 31.4. The van der Waals surface area contributed by atoms with E-state index in [1.165, 1.54) is 0 Å². The van der Waals surface area contributed by atoms with Gasteiger partial charge in [-0.05, 0) is 37.3 Å². The Hall–Kier alpha value is -3.14. The van der Waals surface area contributed by atoms with Crippen molar-refractivity contribution in [2.75, 3.05) is 32.9 Å². The van der Waals surface area contributed by atoms with Crippen LogP contribution in [0.1, 0.15) is 72.1 Å². The molecule has 1 aliphatic heterocycles. The Kier molecular flexibility index (Phi) is 12.2. The Morgan fingerprint density at radius 1 is 1.00 bits per heavy atom. The van der Waals surface area contributed by atoms with Gasteiger partial charge in [-0.25, -0.2) is 4.79 Å². The highest BCUT2D eigenvalue weighted by molar-refractivity contribution is 6.38. The van der Waals surface area contributed by atoms with E-state index in [4.69, 9.17) is 9.47 Å². The molecule has 1 aromatic rings. The monoisotopic (exact) mass is 558 g/mol. The third-order valence-electron chi connectivity index (χ3n) is 7.77. The van der Waals surface area contributed by atoms with Crippen molar-refractivity contribution in [1.82, 2.24) is 20.9 Å². The molecule has 2 aliphatic rings. The zero-order valence-corrected chi connectivity index (χ0v) is 24.2. The number of rotatable bonds is 13. The maximum absolute atomic E-state index is 13.8. The maximum atomic E-state index is 13.8. The number of hydrogen-bond acceptors (Lipinski definition) is 6. The van der Waals surface area contributed by atoms with Crippen molar-refractivity contribution in [3.63, 3.8) is 0 Å². The number of Topliss-reactive ketones (excluding diaryl/α,β-unsaturated/α-hetero) is 1. The molecular formula is C30H46N4O6. The van der Waals surface area contributed by atoms with Crippen LogP contribution in [0.4, 0.5) is 4.79 Å². The van der Waals surface area contributed by atoms with Gasteiger partial charge in [-0.3, -0.25) is 14.4 Å². The molecule has 1 aromatic carbocycles. The molecule has 2 atom stereocenters. The number of nitrogens with zero attached hydrogens (tertiary/aromatic N) is 1. The number of nitrogens with one attached hydrogen (secondary N) is 3. The summed E-state index contributed by atoms with van der Waals surface area (Å²) in [5.41, 5.74) is -1.11. The highest BCUT2D eigenvalue weighted by atomic mass is 16.5. The zero-order chi connectivity index (χ0) is 29.0. The molecule has 1 saturated carbocycles. The van der Waals surface area contributed by atoms with Gasteiger partial charge in [0.2, 0.25) is 11.7 Å². The fourth-order valence-corrected chi connectivity index (χ4v) is 5.09. The molecule has 4 amide bonds. The number of carbonyl (C=O) groups is 4. The molecule has 0 radical (unpaired) electrons. The van der Waals surface area contributed by atoms with Gasteiger partial charge in [-0.15, -0.1) is 0 Å². The number of benzene rings is 1. The first-order chi connectivity index (χ1) is 19.3. The molecule has 2 fully saturated rings. The summed E-state index contributed by atoms with van der Waals surface area (Å²) < 4.78 is 11.2. The average molecular weight is 559 g/mol. The van der Waals surface area contributed by atoms with E-state index in [1.807, 2.05) is 51.1 Å². The van der Waals surface area contributed by atoms with Gasteiger partial charge in [0.05, 0.1) is 25.3 Å². The Morgan fingerprint density at radius 3 is 2.30 bits per heavy atom. The van der Waals surface area contributed by atoms with Crippen LogP contribution < -0.4 is 20.7 Å². The van der Waals surface area contributed by atoms with Crippen molar-refractivity contribution >= 4 is 23.6 Å². The van der Waals surface area contributed by atoms with Gasteiger partial charge in [-0.2, -0.15) is 0 Å². The van der Waals surface area contributed by atoms with Gasteiger partial charge >= 0.3 is 6.03 Å². The molecular weight excluding hydrogens is 512 g/mol. The average Bonchev–Trinajstić information content (AvgIpc) is 2.98. The van der Waals surface area contributed by atoms with Gasteiger partial charge in [0.25, 0.3) is 5.91 Å². The lowest BCUT2D eigenvalue weighted by molar-refractivity contribution is -0.141. The van der Waals surface area contributed by atoms with Crippen molar-refractivity contribution in [2.24, 2.45) is 5.92 Å². The quantitative estimate of drug-likeness (QED) is 0.319. The van der Waals surface area contributed by atoms with E-state index in [-0.39, 0.29) is 18.6 Å². The topological polar surface area (TPSA) is 126 Å². The standard InChI is InChI=1S/C30H46N4O6/c1-4-5-14-24(26(35)27(36)31-25(22(2)3)21-40-23-12-8-6-9-13-23)32-28(37)30(15-10-7-11-16-30)33-29(38)34-17-19-39-20-18-34/h6,8-9,12-13,22,24-25H,4-5,7,10-11,14-21H2,1-3H3,(H,31,36)(H,32,37)(H,33,38)/t24-,25+/m0/s1. The predicted molar refractivity (Wildman–Crippen MR) is 152 cm³/mol. The fourth-order valence-electron chi connectivity index (χ4n) is 5.09. The largest absolute Gasteiger partial charge is 0.491 e. The lowest BCUT2D eigenvalue weighted by Gasteiger charge is -2.39. The first-order valence-electron chi connectivity index (χ1n) is 14.7. The summed E-state index contributed by atoms with van der Waals surface area (Å²) in [5, 5.41) is 8.70. The van der Waals surface area contributed by atoms with Crippen molar-refractivity contribution < 1.29 is 28.7 Å². The minimum absolute atomic E-state index is 0.0186. The van der Waals surface area contributed by atoms with Crippen LogP contribution in [0.3, 0.4) is 0 Å². The van der Waals surface area contributed by atoms with Crippen LogP contribution in [-0.2, 0) is 19.1 Å². The van der Waals surface area contributed by atoms with Crippen LogP contribution in [0.25, 0.3) is 0 Å². The highest BCUT2D eigenvalue weighted by Crippen LogP contribution is 2.29. The van der Waals surface area contributed by atoms with Gasteiger partial charge in [0.1, 0.15) is 17.9 Å². The lowest BCUT2D eigenvalue weighted by atomic mass is 9.80. The minimum atomic E-state index is -1.11. The second kappa shape index (κ2) is 15.6. The predicted octanol–water partition coefficient (Wildman–Crippen LogP) is 3.20. The number of unbranched alkanes of at least 4 members (excludes halogenated alkanes) is 1. The summed E-state index contributed by atoms with van der Waals surface area (Å²) in [6.45, 7) is 7.95. The van der Waals surface area contributed by atoms with Gasteiger partial charge in [0.15, 0.2) is 0 Å². The maximum Gasteiger partial charge on any atom is 0.318 e. The van der Waals surface area contributed by atoms with Crippen LogP contribution in [0.15, 0.2) is 30.3 Å². The number of ketones is 1. The molecule has 1 aliphatic carbocycles. The van der Waals surface area contributed by atoms with Crippen LogP contribution in [0.5, 0.6) is 5.75 Å². The second-order valence-electron chi connectivity index (χ2n) is 11.2. The van der Waals surface area contributed by atoms with E-state index in [1.54, 1.807) is 4.90 Å². The molecule has 10 heteroatoms. The molecule has 0 spiro atoms. The van der Waals surface area contributed by atoms with E-state index < -0.39 is 35.2 Å². The van der Waals surface area contributed by atoms with Crippen molar-refractivity contribution in [3.05, 3.63) is 30.3 Å². The summed E-state index contributed by atoms with van der Waals surface area (Å²) in [5.74, 6) is -1.13. The number of amides is 4. The van der Waals surface area contributed by atoms with E-state index in [9.17, 15) is 19.2 Å². The van der Waals surface area contributed by atoms with Crippen LogP contribution >= 0.6 is 0 Å². The Labute approximate surface area is 237 Å².